The third-order valence-electron chi connectivity index (χ3n) is 3.91. The van der Waals surface area contributed by atoms with Crippen molar-refractivity contribution in [2.75, 3.05) is 5.32 Å². The van der Waals surface area contributed by atoms with Crippen molar-refractivity contribution in [3.05, 3.63) is 75.6 Å². The first-order valence-corrected chi connectivity index (χ1v) is 9.05. The minimum Gasteiger partial charge on any atom is -0.508 e. The SMILES string of the molecule is CC(=O)Nc1csc(Cc2cc(O)ccc2CCc2ccccc2)n1. The zero-order valence-corrected chi connectivity index (χ0v) is 14.8. The maximum atomic E-state index is 11.1. The monoisotopic (exact) mass is 352 g/mol. The van der Waals surface area contributed by atoms with Gasteiger partial charge < -0.3 is 10.4 Å². The van der Waals surface area contributed by atoms with E-state index in [0.717, 1.165) is 23.4 Å². The smallest absolute Gasteiger partial charge is 0.222 e. The fourth-order valence-electron chi connectivity index (χ4n) is 2.74. The van der Waals surface area contributed by atoms with Crippen molar-refractivity contribution in [2.45, 2.75) is 26.2 Å². The van der Waals surface area contributed by atoms with Crippen LogP contribution >= 0.6 is 11.3 Å². The predicted molar refractivity (Wildman–Crippen MR) is 101 cm³/mol. The number of aryl methyl sites for hydroxylation is 2. The highest BCUT2D eigenvalue weighted by atomic mass is 32.1. The number of hydrogen-bond acceptors (Lipinski definition) is 4. The van der Waals surface area contributed by atoms with E-state index in [-0.39, 0.29) is 11.7 Å². The first kappa shape index (κ1) is 17.2. The molecule has 3 rings (SSSR count). The normalized spacial score (nSPS) is 10.6. The maximum absolute atomic E-state index is 11.1. The Morgan fingerprint density at radius 2 is 1.92 bits per heavy atom. The van der Waals surface area contributed by atoms with Gasteiger partial charge in [-0.25, -0.2) is 4.98 Å². The highest BCUT2D eigenvalue weighted by Crippen LogP contribution is 2.24. The quantitative estimate of drug-likeness (QED) is 0.699. The Kier molecular flexibility index (Phi) is 5.46. The van der Waals surface area contributed by atoms with E-state index in [4.69, 9.17) is 0 Å². The van der Waals surface area contributed by atoms with Crippen LogP contribution in [0.3, 0.4) is 0 Å². The number of phenolic OH excluding ortho intramolecular Hbond substituents is 1. The van der Waals surface area contributed by atoms with Gasteiger partial charge in [0.05, 0.1) is 5.01 Å². The van der Waals surface area contributed by atoms with Gasteiger partial charge in [0.25, 0.3) is 0 Å². The number of rotatable bonds is 6. The van der Waals surface area contributed by atoms with Gasteiger partial charge in [-0.2, -0.15) is 0 Å². The van der Waals surface area contributed by atoms with E-state index in [1.54, 1.807) is 12.1 Å². The van der Waals surface area contributed by atoms with Gasteiger partial charge in [0.2, 0.25) is 5.91 Å². The van der Waals surface area contributed by atoms with Crippen molar-refractivity contribution < 1.29 is 9.90 Å². The lowest BCUT2D eigenvalue weighted by atomic mass is 9.98. The molecule has 1 aromatic heterocycles. The molecular weight excluding hydrogens is 332 g/mol. The van der Waals surface area contributed by atoms with Gasteiger partial charge in [0.15, 0.2) is 0 Å². The van der Waals surface area contributed by atoms with Crippen LogP contribution < -0.4 is 5.32 Å². The van der Waals surface area contributed by atoms with Crippen LogP contribution in [0.2, 0.25) is 0 Å². The standard InChI is InChI=1S/C20H20N2O2S/c1-14(23)21-19-13-25-20(22-19)12-17-11-18(24)10-9-16(17)8-7-15-5-3-2-4-6-15/h2-6,9-11,13,24H,7-8,12H2,1H3,(H,21,23). The summed E-state index contributed by atoms with van der Waals surface area (Å²) < 4.78 is 0. The van der Waals surface area contributed by atoms with Crippen LogP contribution in [-0.4, -0.2) is 16.0 Å². The zero-order valence-electron chi connectivity index (χ0n) is 14.0. The molecule has 1 heterocycles. The maximum Gasteiger partial charge on any atom is 0.222 e. The molecule has 128 valence electrons. The van der Waals surface area contributed by atoms with Gasteiger partial charge in [-0.15, -0.1) is 11.3 Å². The number of phenols is 1. The molecule has 0 aliphatic heterocycles. The summed E-state index contributed by atoms with van der Waals surface area (Å²) >= 11 is 1.51. The van der Waals surface area contributed by atoms with Crippen molar-refractivity contribution in [3.63, 3.8) is 0 Å². The van der Waals surface area contributed by atoms with Crippen LogP contribution in [0.1, 0.15) is 28.6 Å². The number of aromatic hydroxyl groups is 1. The fourth-order valence-corrected chi connectivity index (χ4v) is 3.49. The minimum atomic E-state index is -0.127. The Morgan fingerprint density at radius 1 is 1.12 bits per heavy atom. The van der Waals surface area contributed by atoms with E-state index in [9.17, 15) is 9.90 Å². The Labute approximate surface area is 151 Å². The van der Waals surface area contributed by atoms with Crippen molar-refractivity contribution in [2.24, 2.45) is 0 Å². The van der Waals surface area contributed by atoms with Crippen LogP contribution in [0.4, 0.5) is 5.82 Å². The lowest BCUT2D eigenvalue weighted by Crippen LogP contribution is -2.06. The highest BCUT2D eigenvalue weighted by molar-refractivity contribution is 7.10. The van der Waals surface area contributed by atoms with Crippen molar-refractivity contribution in [1.82, 2.24) is 4.98 Å². The van der Waals surface area contributed by atoms with Crippen molar-refractivity contribution >= 4 is 23.1 Å². The molecule has 5 heteroatoms. The number of anilines is 1. The van der Waals surface area contributed by atoms with E-state index in [0.29, 0.717) is 12.2 Å². The molecule has 0 fully saturated rings. The Hall–Kier alpha value is -2.66. The van der Waals surface area contributed by atoms with E-state index in [1.807, 2.05) is 29.6 Å². The van der Waals surface area contributed by atoms with Gasteiger partial charge in [-0.05, 0) is 41.7 Å². The third kappa shape index (κ3) is 4.90. The first-order valence-electron chi connectivity index (χ1n) is 8.17. The number of carbonyl (C=O) groups excluding carboxylic acids is 1. The fraction of sp³-hybridized carbons (Fsp3) is 0.200. The molecule has 3 aromatic rings. The molecule has 0 aliphatic carbocycles. The van der Waals surface area contributed by atoms with Crippen LogP contribution in [-0.2, 0) is 24.1 Å². The summed E-state index contributed by atoms with van der Waals surface area (Å²) in [5.74, 6) is 0.716. The molecule has 0 atom stereocenters. The topological polar surface area (TPSA) is 62.2 Å². The van der Waals surface area contributed by atoms with Gasteiger partial charge in [0, 0.05) is 18.7 Å². The van der Waals surface area contributed by atoms with Gasteiger partial charge in [-0.3, -0.25) is 4.79 Å². The highest BCUT2D eigenvalue weighted by Gasteiger charge is 2.09. The predicted octanol–water partition coefficient (Wildman–Crippen LogP) is 4.18. The Bertz CT molecular complexity index is 859. The number of nitrogens with one attached hydrogen (secondary N) is 1. The summed E-state index contributed by atoms with van der Waals surface area (Å²) in [5, 5.41) is 15.3. The average molecular weight is 352 g/mol. The number of amides is 1. The van der Waals surface area contributed by atoms with E-state index in [2.05, 4.69) is 22.4 Å². The number of hydrogen-bond donors (Lipinski definition) is 2. The van der Waals surface area contributed by atoms with Crippen LogP contribution in [0.5, 0.6) is 5.75 Å². The second-order valence-electron chi connectivity index (χ2n) is 5.92. The number of benzene rings is 2. The molecule has 0 unspecified atom stereocenters. The largest absolute Gasteiger partial charge is 0.508 e. The zero-order chi connectivity index (χ0) is 17.6. The first-order chi connectivity index (χ1) is 12.1. The van der Waals surface area contributed by atoms with Crippen molar-refractivity contribution in [1.29, 1.82) is 0 Å². The number of thiazole rings is 1. The second-order valence-corrected chi connectivity index (χ2v) is 6.87. The van der Waals surface area contributed by atoms with E-state index in [1.165, 1.54) is 29.4 Å². The molecule has 0 saturated carbocycles. The Morgan fingerprint density at radius 3 is 2.68 bits per heavy atom. The molecule has 0 bridgehead atoms. The molecule has 1 amide bonds. The molecule has 25 heavy (non-hydrogen) atoms. The minimum absolute atomic E-state index is 0.127. The summed E-state index contributed by atoms with van der Waals surface area (Å²) in [6, 6.07) is 15.9. The lowest BCUT2D eigenvalue weighted by molar-refractivity contribution is -0.114. The molecule has 0 aliphatic rings. The summed E-state index contributed by atoms with van der Waals surface area (Å²) in [5.41, 5.74) is 3.57. The molecule has 4 nitrogen and oxygen atoms in total. The lowest BCUT2D eigenvalue weighted by Gasteiger charge is -2.09. The number of aromatic nitrogens is 1. The van der Waals surface area contributed by atoms with Gasteiger partial charge >= 0.3 is 0 Å². The van der Waals surface area contributed by atoms with Crippen LogP contribution in [0.25, 0.3) is 0 Å². The molecule has 2 aromatic carbocycles. The number of carbonyl (C=O) groups is 1. The molecule has 2 N–H and O–H groups in total. The summed E-state index contributed by atoms with van der Waals surface area (Å²) in [4.78, 5) is 15.6. The van der Waals surface area contributed by atoms with E-state index < -0.39 is 0 Å². The second kappa shape index (κ2) is 7.94. The third-order valence-corrected chi connectivity index (χ3v) is 4.76. The molecule has 0 spiro atoms. The summed E-state index contributed by atoms with van der Waals surface area (Å²) in [6.45, 7) is 1.47. The van der Waals surface area contributed by atoms with E-state index >= 15 is 0 Å². The average Bonchev–Trinajstić information content (AvgIpc) is 3.01. The molecule has 0 saturated heterocycles. The van der Waals surface area contributed by atoms with Crippen LogP contribution in [0, 0.1) is 0 Å². The molecule has 0 radical (unpaired) electrons. The Balaban J connectivity index is 1.74. The van der Waals surface area contributed by atoms with Crippen LogP contribution in [0.15, 0.2) is 53.9 Å². The van der Waals surface area contributed by atoms with Gasteiger partial charge in [0.1, 0.15) is 11.6 Å². The molecular formula is C20H20N2O2S. The summed E-state index contributed by atoms with van der Waals surface area (Å²) in [6.07, 6.45) is 2.50. The van der Waals surface area contributed by atoms with Gasteiger partial charge in [-0.1, -0.05) is 36.4 Å². The van der Waals surface area contributed by atoms with Crippen molar-refractivity contribution in [3.8, 4) is 5.75 Å². The summed E-state index contributed by atoms with van der Waals surface area (Å²) in [7, 11) is 0. The number of nitrogens with zero attached hydrogens (tertiary/aromatic N) is 1.